The van der Waals surface area contributed by atoms with E-state index in [1.54, 1.807) is 16.9 Å². The van der Waals surface area contributed by atoms with Gasteiger partial charge in [-0.2, -0.15) is 5.10 Å². The van der Waals surface area contributed by atoms with Gasteiger partial charge in [0, 0.05) is 51.9 Å². The molecule has 2 saturated heterocycles. The third-order valence-electron chi connectivity index (χ3n) is 7.48. The van der Waals surface area contributed by atoms with Crippen LogP contribution in [0.1, 0.15) is 55.6 Å². The largest absolute Gasteiger partial charge is 0.376 e. The fraction of sp³-hybridized carbons (Fsp3) is 0.593. The Balaban J connectivity index is 1.44. The van der Waals surface area contributed by atoms with Crippen LogP contribution < -0.4 is 0 Å². The minimum Gasteiger partial charge on any atom is -0.376 e. The zero-order valence-electron chi connectivity index (χ0n) is 20.9. The van der Waals surface area contributed by atoms with Gasteiger partial charge in [0.2, 0.25) is 5.91 Å². The average Bonchev–Trinajstić information content (AvgIpc) is 3.27. The number of benzene rings is 1. The maximum Gasteiger partial charge on any atom is 0.274 e. The maximum atomic E-state index is 13.2. The molecule has 2 fully saturated rings. The predicted octanol–water partition coefficient (Wildman–Crippen LogP) is 3.55. The number of aromatic nitrogens is 2. The Morgan fingerprint density at radius 2 is 1.85 bits per heavy atom. The molecule has 2 aliphatic heterocycles. The number of ether oxygens (including phenoxy) is 1. The quantitative estimate of drug-likeness (QED) is 0.653. The Labute approximate surface area is 203 Å². The Bertz CT molecular complexity index is 979. The van der Waals surface area contributed by atoms with Gasteiger partial charge in [-0.05, 0) is 63.5 Å². The van der Waals surface area contributed by atoms with E-state index < -0.39 is 0 Å². The number of piperidine rings is 1. The highest BCUT2D eigenvalue weighted by atomic mass is 16.5. The molecule has 2 atom stereocenters. The minimum absolute atomic E-state index is 0.0498. The fourth-order valence-electron chi connectivity index (χ4n) is 5.54. The molecule has 1 aromatic heterocycles. The topological polar surface area (TPSA) is 67.7 Å². The van der Waals surface area contributed by atoms with Crippen LogP contribution in [0.2, 0.25) is 0 Å². The summed E-state index contributed by atoms with van der Waals surface area (Å²) in [6.45, 7) is 6.29. The van der Waals surface area contributed by atoms with Crippen molar-refractivity contribution in [2.45, 2.75) is 57.6 Å². The summed E-state index contributed by atoms with van der Waals surface area (Å²) in [6, 6.07) is 12.2. The second kappa shape index (κ2) is 10.3. The number of carbonyl (C=O) groups is 2. The van der Waals surface area contributed by atoms with Crippen LogP contribution in [0, 0.1) is 11.8 Å². The number of hydrogen-bond acceptors (Lipinski definition) is 4. The molecule has 184 valence electrons. The van der Waals surface area contributed by atoms with E-state index in [-0.39, 0.29) is 29.4 Å². The van der Waals surface area contributed by atoms with E-state index in [0.29, 0.717) is 18.2 Å². The Hall–Kier alpha value is -2.67. The lowest BCUT2D eigenvalue weighted by Gasteiger charge is -2.42. The number of amides is 2. The van der Waals surface area contributed by atoms with Gasteiger partial charge in [-0.3, -0.25) is 14.3 Å². The number of aryl methyl sites for hydroxylation is 1. The number of likely N-dealkylation sites (N-methyl/N-ethyl adjacent to an activating group) is 1. The van der Waals surface area contributed by atoms with Crippen LogP contribution >= 0.6 is 0 Å². The van der Waals surface area contributed by atoms with Crippen LogP contribution in [0.4, 0.5) is 0 Å². The summed E-state index contributed by atoms with van der Waals surface area (Å²) in [5, 5.41) is 4.33. The summed E-state index contributed by atoms with van der Waals surface area (Å²) in [5.74, 6) is 0.596. The molecule has 2 amide bonds. The molecule has 0 bridgehead atoms. The highest BCUT2D eigenvalue weighted by Crippen LogP contribution is 2.32. The summed E-state index contributed by atoms with van der Waals surface area (Å²) in [4.78, 5) is 30.4. The van der Waals surface area contributed by atoms with Crippen molar-refractivity contribution in [1.82, 2.24) is 19.6 Å². The number of hydrogen-bond donors (Lipinski definition) is 0. The van der Waals surface area contributed by atoms with E-state index in [4.69, 9.17) is 4.74 Å². The number of rotatable bonds is 6. The van der Waals surface area contributed by atoms with E-state index in [9.17, 15) is 9.59 Å². The normalized spacial score (nSPS) is 21.8. The summed E-state index contributed by atoms with van der Waals surface area (Å²) < 4.78 is 7.47. The molecule has 7 heteroatoms. The molecule has 0 spiro atoms. The lowest BCUT2D eigenvalue weighted by Crippen LogP contribution is -2.50. The minimum atomic E-state index is -0.230. The predicted molar refractivity (Wildman–Crippen MR) is 131 cm³/mol. The maximum absolute atomic E-state index is 13.2. The first-order chi connectivity index (χ1) is 16.2. The van der Waals surface area contributed by atoms with Gasteiger partial charge in [0.1, 0.15) is 5.69 Å². The molecule has 0 N–H and O–H groups in total. The lowest BCUT2D eigenvalue weighted by molar-refractivity contribution is -0.147. The summed E-state index contributed by atoms with van der Waals surface area (Å²) >= 11 is 0. The molecule has 34 heavy (non-hydrogen) atoms. The van der Waals surface area contributed by atoms with Gasteiger partial charge < -0.3 is 14.5 Å². The van der Waals surface area contributed by atoms with E-state index >= 15 is 0 Å². The van der Waals surface area contributed by atoms with Crippen molar-refractivity contribution in [1.29, 1.82) is 0 Å². The Kier molecular flexibility index (Phi) is 7.41. The van der Waals surface area contributed by atoms with Gasteiger partial charge in [-0.25, -0.2) is 0 Å². The second-order valence-electron chi connectivity index (χ2n) is 10.5. The average molecular weight is 467 g/mol. The molecule has 4 rings (SSSR count). The lowest BCUT2D eigenvalue weighted by atomic mass is 9.83. The van der Waals surface area contributed by atoms with Crippen LogP contribution in [0.3, 0.4) is 0 Å². The molecule has 2 aliphatic rings. The van der Waals surface area contributed by atoms with E-state index in [2.05, 4.69) is 31.1 Å². The van der Waals surface area contributed by atoms with Crippen LogP contribution in [0.5, 0.6) is 0 Å². The standard InChI is InChI=1S/C27H38N4O3/c1-27(2)19-22(13-17-34-27)25(32)31-15-10-21(11-16-31)24(18-20-8-6-5-7-9-20)30(4)26(33)23-12-14-29(3)28-23/h5-9,12,14,21-22,24H,10-11,13,15-19H2,1-4H3. The van der Waals surface area contributed by atoms with Gasteiger partial charge in [0.05, 0.1) is 5.60 Å². The third kappa shape index (κ3) is 5.69. The van der Waals surface area contributed by atoms with Crippen LogP contribution in [-0.2, 0) is 23.0 Å². The smallest absolute Gasteiger partial charge is 0.274 e. The molecule has 2 aromatic rings. The molecule has 0 aliphatic carbocycles. The number of likely N-dealkylation sites (tertiary alicyclic amines) is 1. The first-order valence-corrected chi connectivity index (χ1v) is 12.5. The van der Waals surface area contributed by atoms with Gasteiger partial charge >= 0.3 is 0 Å². The molecule has 0 saturated carbocycles. The first kappa shape index (κ1) is 24.5. The Morgan fingerprint density at radius 3 is 2.47 bits per heavy atom. The highest BCUT2D eigenvalue weighted by Gasteiger charge is 2.38. The zero-order chi connectivity index (χ0) is 24.3. The van der Waals surface area contributed by atoms with Crippen LogP contribution in [0.15, 0.2) is 42.6 Å². The highest BCUT2D eigenvalue weighted by molar-refractivity contribution is 5.92. The second-order valence-corrected chi connectivity index (χ2v) is 10.5. The first-order valence-electron chi connectivity index (χ1n) is 12.5. The molecular weight excluding hydrogens is 428 g/mol. The van der Waals surface area contributed by atoms with Crippen molar-refractivity contribution in [3.05, 3.63) is 53.9 Å². The van der Waals surface area contributed by atoms with Gasteiger partial charge in [-0.1, -0.05) is 30.3 Å². The van der Waals surface area contributed by atoms with Crippen molar-refractivity contribution in [3.8, 4) is 0 Å². The van der Waals surface area contributed by atoms with Crippen LogP contribution in [0.25, 0.3) is 0 Å². The van der Waals surface area contributed by atoms with Crippen molar-refractivity contribution >= 4 is 11.8 Å². The zero-order valence-corrected chi connectivity index (χ0v) is 20.9. The fourth-order valence-corrected chi connectivity index (χ4v) is 5.54. The van der Waals surface area contributed by atoms with Gasteiger partial charge in [0.25, 0.3) is 5.91 Å². The van der Waals surface area contributed by atoms with E-state index in [0.717, 1.165) is 45.2 Å². The van der Waals surface area contributed by atoms with Crippen molar-refractivity contribution in [3.63, 3.8) is 0 Å². The van der Waals surface area contributed by atoms with Crippen molar-refractivity contribution in [2.24, 2.45) is 18.9 Å². The molecule has 0 radical (unpaired) electrons. The molecule has 1 aromatic carbocycles. The van der Waals surface area contributed by atoms with Gasteiger partial charge in [-0.15, -0.1) is 0 Å². The molecule has 2 unspecified atom stereocenters. The summed E-state index contributed by atoms with van der Waals surface area (Å²) in [5.41, 5.74) is 1.46. The monoisotopic (exact) mass is 466 g/mol. The Morgan fingerprint density at radius 1 is 1.15 bits per heavy atom. The number of nitrogens with zero attached hydrogens (tertiary/aromatic N) is 4. The van der Waals surface area contributed by atoms with E-state index in [1.807, 2.05) is 42.1 Å². The van der Waals surface area contributed by atoms with Gasteiger partial charge in [0.15, 0.2) is 0 Å². The molecule has 3 heterocycles. The molecule has 7 nitrogen and oxygen atoms in total. The third-order valence-corrected chi connectivity index (χ3v) is 7.48. The molecular formula is C27H38N4O3. The van der Waals surface area contributed by atoms with Crippen molar-refractivity contribution < 1.29 is 14.3 Å². The SMILES string of the molecule is CN(C(=O)c1ccn(C)n1)C(Cc1ccccc1)C1CCN(C(=O)C2CCOC(C)(C)C2)CC1. The number of carbonyl (C=O) groups excluding carboxylic acids is 2. The summed E-state index contributed by atoms with van der Waals surface area (Å²) in [7, 11) is 3.72. The van der Waals surface area contributed by atoms with E-state index in [1.165, 1.54) is 5.56 Å². The van der Waals surface area contributed by atoms with Crippen molar-refractivity contribution in [2.75, 3.05) is 26.7 Å². The summed E-state index contributed by atoms with van der Waals surface area (Å²) in [6.07, 6.45) is 5.98. The van der Waals surface area contributed by atoms with Crippen LogP contribution in [-0.4, -0.2) is 69.8 Å².